The second kappa shape index (κ2) is 7.58. The molecule has 0 spiro atoms. The van der Waals surface area contributed by atoms with Gasteiger partial charge in [-0.3, -0.25) is 0 Å². The first kappa shape index (κ1) is 16.0. The molecule has 25 heavy (non-hydrogen) atoms. The Balaban J connectivity index is 1.36. The van der Waals surface area contributed by atoms with Crippen LogP contribution in [0.1, 0.15) is 18.4 Å². The third-order valence-electron chi connectivity index (χ3n) is 4.66. The molecule has 1 fully saturated rings. The van der Waals surface area contributed by atoms with E-state index in [0.29, 0.717) is 6.61 Å². The lowest BCUT2D eigenvalue weighted by atomic mass is 10.1. The number of ether oxygens (including phenoxy) is 2. The molecule has 1 saturated heterocycles. The standard InChI is InChI=1S/C22H23NO2/c1-2-8-21-18(5-1)6-3-9-22(21)23-15-17-10-12-19(13-11-17)25-16-20-7-4-14-24-20/h1-3,5-6,8-13,20,23H,4,7,14-16H2. The van der Waals surface area contributed by atoms with E-state index in [0.717, 1.165) is 37.4 Å². The smallest absolute Gasteiger partial charge is 0.119 e. The fourth-order valence-electron chi connectivity index (χ4n) is 3.25. The van der Waals surface area contributed by atoms with Crippen LogP contribution in [0.15, 0.2) is 66.7 Å². The molecule has 3 nitrogen and oxygen atoms in total. The highest BCUT2D eigenvalue weighted by molar-refractivity contribution is 5.93. The van der Waals surface area contributed by atoms with Crippen molar-refractivity contribution in [1.29, 1.82) is 0 Å². The summed E-state index contributed by atoms with van der Waals surface area (Å²) >= 11 is 0. The van der Waals surface area contributed by atoms with Crippen LogP contribution in [0, 0.1) is 0 Å². The van der Waals surface area contributed by atoms with E-state index >= 15 is 0 Å². The quantitative estimate of drug-likeness (QED) is 0.688. The lowest BCUT2D eigenvalue weighted by molar-refractivity contribution is 0.0679. The number of benzene rings is 3. The minimum atomic E-state index is 0.257. The summed E-state index contributed by atoms with van der Waals surface area (Å²) in [6, 6.07) is 23.1. The topological polar surface area (TPSA) is 30.5 Å². The Kier molecular flexibility index (Phi) is 4.84. The van der Waals surface area contributed by atoms with Gasteiger partial charge in [-0.2, -0.15) is 0 Å². The van der Waals surface area contributed by atoms with Crippen molar-refractivity contribution < 1.29 is 9.47 Å². The van der Waals surface area contributed by atoms with Gasteiger partial charge in [-0.1, -0.05) is 48.5 Å². The van der Waals surface area contributed by atoms with E-state index in [9.17, 15) is 0 Å². The predicted octanol–water partition coefficient (Wildman–Crippen LogP) is 5.01. The van der Waals surface area contributed by atoms with E-state index in [1.807, 2.05) is 12.1 Å². The zero-order chi connectivity index (χ0) is 16.9. The summed E-state index contributed by atoms with van der Waals surface area (Å²) in [5, 5.41) is 6.05. The molecule has 3 aromatic rings. The summed E-state index contributed by atoms with van der Waals surface area (Å²) in [7, 11) is 0. The van der Waals surface area contributed by atoms with Crippen molar-refractivity contribution in [3.05, 3.63) is 72.3 Å². The van der Waals surface area contributed by atoms with E-state index < -0.39 is 0 Å². The van der Waals surface area contributed by atoms with Gasteiger partial charge in [0.25, 0.3) is 0 Å². The maximum Gasteiger partial charge on any atom is 0.119 e. The second-order valence-electron chi connectivity index (χ2n) is 6.47. The Morgan fingerprint density at radius 1 is 0.960 bits per heavy atom. The first-order chi connectivity index (χ1) is 12.4. The van der Waals surface area contributed by atoms with Crippen molar-refractivity contribution in [3.8, 4) is 5.75 Å². The predicted molar refractivity (Wildman–Crippen MR) is 102 cm³/mol. The summed E-state index contributed by atoms with van der Waals surface area (Å²) in [5.74, 6) is 0.907. The highest BCUT2D eigenvalue weighted by Crippen LogP contribution is 2.24. The molecule has 0 amide bonds. The van der Waals surface area contributed by atoms with Crippen LogP contribution in [-0.4, -0.2) is 19.3 Å². The zero-order valence-corrected chi connectivity index (χ0v) is 14.3. The van der Waals surface area contributed by atoms with E-state index in [2.05, 4.69) is 59.9 Å². The minimum absolute atomic E-state index is 0.257. The van der Waals surface area contributed by atoms with Crippen molar-refractivity contribution in [2.45, 2.75) is 25.5 Å². The normalized spacial score (nSPS) is 16.9. The van der Waals surface area contributed by atoms with E-state index in [1.165, 1.54) is 16.3 Å². The first-order valence-corrected chi connectivity index (χ1v) is 8.93. The van der Waals surface area contributed by atoms with Crippen LogP contribution < -0.4 is 10.1 Å². The van der Waals surface area contributed by atoms with Crippen molar-refractivity contribution in [1.82, 2.24) is 0 Å². The summed E-state index contributed by atoms with van der Waals surface area (Å²) in [5.41, 5.74) is 2.40. The van der Waals surface area contributed by atoms with Crippen molar-refractivity contribution in [2.24, 2.45) is 0 Å². The number of nitrogens with one attached hydrogen (secondary N) is 1. The lowest BCUT2D eigenvalue weighted by Crippen LogP contribution is -2.16. The first-order valence-electron chi connectivity index (χ1n) is 8.93. The Labute approximate surface area is 148 Å². The van der Waals surface area contributed by atoms with Crippen LogP contribution in [-0.2, 0) is 11.3 Å². The maximum absolute atomic E-state index is 5.82. The highest BCUT2D eigenvalue weighted by Gasteiger charge is 2.15. The van der Waals surface area contributed by atoms with Gasteiger partial charge in [-0.05, 0) is 42.0 Å². The molecule has 0 radical (unpaired) electrons. The number of hydrogen-bond donors (Lipinski definition) is 1. The highest BCUT2D eigenvalue weighted by atomic mass is 16.5. The molecule has 1 aliphatic heterocycles. The van der Waals surface area contributed by atoms with E-state index in [1.54, 1.807) is 0 Å². The van der Waals surface area contributed by atoms with Crippen molar-refractivity contribution in [2.75, 3.05) is 18.5 Å². The summed E-state index contributed by atoms with van der Waals surface area (Å²) in [4.78, 5) is 0. The van der Waals surface area contributed by atoms with Gasteiger partial charge in [-0.15, -0.1) is 0 Å². The average Bonchev–Trinajstić information content (AvgIpc) is 3.19. The maximum atomic E-state index is 5.82. The lowest BCUT2D eigenvalue weighted by Gasteiger charge is -2.12. The zero-order valence-electron chi connectivity index (χ0n) is 14.3. The minimum Gasteiger partial charge on any atom is -0.491 e. The monoisotopic (exact) mass is 333 g/mol. The van der Waals surface area contributed by atoms with Crippen molar-refractivity contribution in [3.63, 3.8) is 0 Å². The SMILES string of the molecule is c1ccc2c(NCc3ccc(OCC4CCCO4)cc3)cccc2c1. The molecule has 128 valence electrons. The Morgan fingerprint density at radius 3 is 2.64 bits per heavy atom. The number of hydrogen-bond acceptors (Lipinski definition) is 3. The van der Waals surface area contributed by atoms with Crippen LogP contribution in [0.3, 0.4) is 0 Å². The summed E-state index contributed by atoms with van der Waals surface area (Å²) in [6.45, 7) is 2.31. The summed E-state index contributed by atoms with van der Waals surface area (Å²) in [6.07, 6.45) is 2.51. The van der Waals surface area contributed by atoms with Gasteiger partial charge in [0.05, 0.1) is 6.10 Å². The fourth-order valence-corrected chi connectivity index (χ4v) is 3.25. The molecule has 3 heteroatoms. The number of rotatable bonds is 6. The third-order valence-corrected chi connectivity index (χ3v) is 4.66. The number of anilines is 1. The van der Waals surface area contributed by atoms with Crippen LogP contribution in [0.5, 0.6) is 5.75 Å². The van der Waals surface area contributed by atoms with Gasteiger partial charge in [0.15, 0.2) is 0 Å². The Hall–Kier alpha value is -2.52. The van der Waals surface area contributed by atoms with E-state index in [-0.39, 0.29) is 6.10 Å². The Morgan fingerprint density at radius 2 is 1.80 bits per heavy atom. The molecule has 4 rings (SSSR count). The van der Waals surface area contributed by atoms with Crippen LogP contribution in [0.25, 0.3) is 10.8 Å². The van der Waals surface area contributed by atoms with Gasteiger partial charge in [0.2, 0.25) is 0 Å². The van der Waals surface area contributed by atoms with Crippen LogP contribution >= 0.6 is 0 Å². The largest absolute Gasteiger partial charge is 0.491 e. The molecule has 1 aliphatic rings. The molecule has 1 N–H and O–H groups in total. The molecule has 0 aromatic heterocycles. The molecule has 1 heterocycles. The molecule has 1 atom stereocenters. The van der Waals surface area contributed by atoms with Crippen LogP contribution in [0.4, 0.5) is 5.69 Å². The van der Waals surface area contributed by atoms with Gasteiger partial charge in [0.1, 0.15) is 12.4 Å². The average molecular weight is 333 g/mol. The van der Waals surface area contributed by atoms with Crippen molar-refractivity contribution >= 4 is 16.5 Å². The molecule has 0 aliphatic carbocycles. The van der Waals surface area contributed by atoms with Crippen LogP contribution in [0.2, 0.25) is 0 Å². The molecular formula is C22H23NO2. The number of fused-ring (bicyclic) bond motifs is 1. The molecule has 1 unspecified atom stereocenters. The third kappa shape index (κ3) is 3.94. The van der Waals surface area contributed by atoms with Gasteiger partial charge >= 0.3 is 0 Å². The molecule has 3 aromatic carbocycles. The fraction of sp³-hybridized carbons (Fsp3) is 0.273. The van der Waals surface area contributed by atoms with Gasteiger partial charge in [-0.25, -0.2) is 0 Å². The molecule has 0 saturated carbocycles. The molecule has 0 bridgehead atoms. The van der Waals surface area contributed by atoms with Gasteiger partial charge < -0.3 is 14.8 Å². The second-order valence-corrected chi connectivity index (χ2v) is 6.47. The Bertz CT molecular complexity index is 818. The summed E-state index contributed by atoms with van der Waals surface area (Å²) < 4.78 is 11.4. The van der Waals surface area contributed by atoms with Gasteiger partial charge in [0, 0.05) is 24.2 Å². The molecular weight excluding hydrogens is 310 g/mol. The van der Waals surface area contributed by atoms with E-state index in [4.69, 9.17) is 9.47 Å².